The van der Waals surface area contributed by atoms with Crippen molar-refractivity contribution in [3.05, 3.63) is 42.0 Å². The lowest BCUT2D eigenvalue weighted by Crippen LogP contribution is -2.24. The van der Waals surface area contributed by atoms with E-state index in [4.69, 9.17) is 4.74 Å². The number of hydrogen-bond donors (Lipinski definition) is 2. The number of aromatic amines is 1. The number of ether oxygens (including phenoxy) is 1. The smallest absolute Gasteiger partial charge is 0.145 e. The van der Waals surface area contributed by atoms with Crippen molar-refractivity contribution in [2.75, 3.05) is 6.54 Å². The van der Waals surface area contributed by atoms with Crippen LogP contribution in [0.4, 0.5) is 0 Å². The first kappa shape index (κ1) is 14.5. The summed E-state index contributed by atoms with van der Waals surface area (Å²) in [4.78, 5) is 4.27. The molecule has 20 heavy (non-hydrogen) atoms. The Bertz CT molecular complexity index is 510. The van der Waals surface area contributed by atoms with E-state index in [-0.39, 0.29) is 12.1 Å². The Morgan fingerprint density at radius 3 is 2.85 bits per heavy atom. The highest BCUT2D eigenvalue weighted by atomic mass is 16.5. The maximum absolute atomic E-state index is 5.75. The average molecular weight is 274 g/mol. The molecule has 2 rings (SSSR count). The Hall–Kier alpha value is -1.88. The predicted octanol–water partition coefficient (Wildman–Crippen LogP) is 2.68. The molecule has 0 fully saturated rings. The molecule has 1 unspecified atom stereocenters. The lowest BCUT2D eigenvalue weighted by atomic mass is 10.1. The summed E-state index contributed by atoms with van der Waals surface area (Å²) in [5.74, 6) is 1.69. The zero-order valence-electron chi connectivity index (χ0n) is 12.3. The van der Waals surface area contributed by atoms with Crippen LogP contribution in [0.5, 0.6) is 5.75 Å². The molecule has 0 spiro atoms. The second-order valence-corrected chi connectivity index (χ2v) is 5.00. The molecule has 1 atom stereocenters. The van der Waals surface area contributed by atoms with Crippen LogP contribution < -0.4 is 10.1 Å². The van der Waals surface area contributed by atoms with E-state index in [9.17, 15) is 0 Å². The van der Waals surface area contributed by atoms with Crippen LogP contribution in [0.15, 0.2) is 30.6 Å². The number of H-pyrrole nitrogens is 1. The van der Waals surface area contributed by atoms with Crippen LogP contribution in [0, 0.1) is 0 Å². The second kappa shape index (κ2) is 7.05. The molecular formula is C15H22N4O. The molecule has 0 aliphatic heterocycles. The van der Waals surface area contributed by atoms with E-state index >= 15 is 0 Å². The molecule has 0 aliphatic rings. The summed E-state index contributed by atoms with van der Waals surface area (Å²) in [5, 5.41) is 10.4. The maximum Gasteiger partial charge on any atom is 0.145 e. The molecule has 0 aliphatic carbocycles. The summed E-state index contributed by atoms with van der Waals surface area (Å²) in [6.45, 7) is 7.11. The lowest BCUT2D eigenvalue weighted by Gasteiger charge is -2.18. The SMILES string of the molecule is CCCNC(c1cccc(OC(C)C)c1)c1ncn[nH]1. The van der Waals surface area contributed by atoms with Gasteiger partial charge >= 0.3 is 0 Å². The van der Waals surface area contributed by atoms with Gasteiger partial charge in [-0.2, -0.15) is 5.10 Å². The molecule has 0 saturated carbocycles. The predicted molar refractivity (Wildman–Crippen MR) is 78.7 cm³/mol. The summed E-state index contributed by atoms with van der Waals surface area (Å²) in [7, 11) is 0. The van der Waals surface area contributed by atoms with Gasteiger partial charge in [0.25, 0.3) is 0 Å². The van der Waals surface area contributed by atoms with E-state index in [1.807, 2.05) is 26.0 Å². The highest BCUT2D eigenvalue weighted by molar-refractivity contribution is 5.33. The molecule has 5 heteroatoms. The summed E-state index contributed by atoms with van der Waals surface area (Å²) in [6.07, 6.45) is 2.76. The number of benzene rings is 1. The summed E-state index contributed by atoms with van der Waals surface area (Å²) < 4.78 is 5.75. The second-order valence-electron chi connectivity index (χ2n) is 5.00. The van der Waals surface area contributed by atoms with E-state index in [0.29, 0.717) is 0 Å². The summed E-state index contributed by atoms with van der Waals surface area (Å²) >= 11 is 0. The molecule has 1 aromatic carbocycles. The van der Waals surface area contributed by atoms with E-state index in [1.165, 1.54) is 6.33 Å². The van der Waals surface area contributed by atoms with Crippen molar-refractivity contribution in [3.8, 4) is 5.75 Å². The molecule has 0 saturated heterocycles. The van der Waals surface area contributed by atoms with Crippen molar-refractivity contribution in [1.82, 2.24) is 20.5 Å². The molecular weight excluding hydrogens is 252 g/mol. The minimum Gasteiger partial charge on any atom is -0.491 e. The third-order valence-electron chi connectivity index (χ3n) is 2.87. The fraction of sp³-hybridized carbons (Fsp3) is 0.467. The Morgan fingerprint density at radius 2 is 2.20 bits per heavy atom. The zero-order chi connectivity index (χ0) is 14.4. The minimum absolute atomic E-state index is 0.00756. The minimum atomic E-state index is 0.00756. The van der Waals surface area contributed by atoms with Crippen LogP contribution in [0.25, 0.3) is 0 Å². The highest BCUT2D eigenvalue weighted by Gasteiger charge is 2.16. The standard InChI is InChI=1S/C15H22N4O/c1-4-8-16-14(15-17-10-18-19-15)12-6-5-7-13(9-12)20-11(2)3/h5-7,9-11,14,16H,4,8H2,1-3H3,(H,17,18,19). The number of nitrogens with zero attached hydrogens (tertiary/aromatic N) is 2. The fourth-order valence-corrected chi connectivity index (χ4v) is 2.05. The lowest BCUT2D eigenvalue weighted by molar-refractivity contribution is 0.242. The molecule has 1 aromatic heterocycles. The first-order chi connectivity index (χ1) is 9.70. The van der Waals surface area contributed by atoms with Gasteiger partial charge in [-0.3, -0.25) is 5.10 Å². The molecule has 0 radical (unpaired) electrons. The van der Waals surface area contributed by atoms with Crippen molar-refractivity contribution >= 4 is 0 Å². The molecule has 1 heterocycles. The molecule has 2 N–H and O–H groups in total. The average Bonchev–Trinajstić information content (AvgIpc) is 2.93. The molecule has 0 amide bonds. The van der Waals surface area contributed by atoms with Gasteiger partial charge in [0.1, 0.15) is 17.9 Å². The molecule has 5 nitrogen and oxygen atoms in total. The van der Waals surface area contributed by atoms with Gasteiger partial charge in [0.2, 0.25) is 0 Å². The summed E-state index contributed by atoms with van der Waals surface area (Å²) in [5.41, 5.74) is 1.12. The third kappa shape index (κ3) is 3.81. The third-order valence-corrected chi connectivity index (χ3v) is 2.87. The maximum atomic E-state index is 5.75. The number of nitrogens with one attached hydrogen (secondary N) is 2. The van der Waals surface area contributed by atoms with Crippen molar-refractivity contribution in [2.45, 2.75) is 39.3 Å². The van der Waals surface area contributed by atoms with E-state index in [2.05, 4.69) is 39.6 Å². The molecule has 2 aromatic rings. The van der Waals surface area contributed by atoms with Crippen molar-refractivity contribution < 1.29 is 4.74 Å². The van der Waals surface area contributed by atoms with Crippen molar-refractivity contribution in [1.29, 1.82) is 0 Å². The van der Waals surface area contributed by atoms with Gasteiger partial charge in [-0.15, -0.1) is 0 Å². The highest BCUT2D eigenvalue weighted by Crippen LogP contribution is 2.23. The van der Waals surface area contributed by atoms with Crippen molar-refractivity contribution in [3.63, 3.8) is 0 Å². The van der Waals surface area contributed by atoms with Gasteiger partial charge in [-0.25, -0.2) is 4.98 Å². The van der Waals surface area contributed by atoms with Gasteiger partial charge in [0.05, 0.1) is 12.1 Å². The van der Waals surface area contributed by atoms with Crippen molar-refractivity contribution in [2.24, 2.45) is 0 Å². The van der Waals surface area contributed by atoms with Gasteiger partial charge < -0.3 is 10.1 Å². The van der Waals surface area contributed by atoms with E-state index in [0.717, 1.165) is 30.1 Å². The summed E-state index contributed by atoms with van der Waals surface area (Å²) in [6, 6.07) is 8.11. The normalized spacial score (nSPS) is 12.6. The molecule has 0 bridgehead atoms. The van der Waals surface area contributed by atoms with Crippen LogP contribution in [-0.2, 0) is 0 Å². The largest absolute Gasteiger partial charge is 0.491 e. The van der Waals surface area contributed by atoms with E-state index in [1.54, 1.807) is 0 Å². The van der Waals surface area contributed by atoms with E-state index < -0.39 is 0 Å². The first-order valence-electron chi connectivity index (χ1n) is 7.06. The van der Waals surface area contributed by atoms with Gasteiger partial charge in [0, 0.05) is 0 Å². The van der Waals surface area contributed by atoms with Crippen LogP contribution in [0.2, 0.25) is 0 Å². The Balaban J connectivity index is 2.24. The monoisotopic (exact) mass is 274 g/mol. The zero-order valence-corrected chi connectivity index (χ0v) is 12.3. The van der Waals surface area contributed by atoms with Crippen LogP contribution in [0.1, 0.15) is 44.6 Å². The fourth-order valence-electron chi connectivity index (χ4n) is 2.05. The Kier molecular flexibility index (Phi) is 5.12. The van der Waals surface area contributed by atoms with Gasteiger partial charge in [-0.05, 0) is 44.5 Å². The van der Waals surface area contributed by atoms with Crippen LogP contribution in [-0.4, -0.2) is 27.8 Å². The van der Waals surface area contributed by atoms with Gasteiger partial charge in [0.15, 0.2) is 0 Å². The number of hydrogen-bond acceptors (Lipinski definition) is 4. The number of rotatable bonds is 7. The molecule has 108 valence electrons. The quantitative estimate of drug-likeness (QED) is 0.815. The van der Waals surface area contributed by atoms with Crippen LogP contribution >= 0.6 is 0 Å². The van der Waals surface area contributed by atoms with Crippen LogP contribution in [0.3, 0.4) is 0 Å². The topological polar surface area (TPSA) is 62.8 Å². The Morgan fingerprint density at radius 1 is 1.35 bits per heavy atom. The number of aromatic nitrogens is 3. The first-order valence-corrected chi connectivity index (χ1v) is 7.06. The Labute approximate surface area is 119 Å². The van der Waals surface area contributed by atoms with Gasteiger partial charge in [-0.1, -0.05) is 19.1 Å².